The number of carbonyl (C=O) groups excluding carboxylic acids is 3. The molecule has 0 bridgehead atoms. The van der Waals surface area contributed by atoms with Crippen molar-refractivity contribution in [2.45, 2.75) is 109 Å². The average Bonchev–Trinajstić information content (AvgIpc) is 3.92. The van der Waals surface area contributed by atoms with Gasteiger partial charge in [-0.2, -0.15) is 0 Å². The molecule has 280 valence electrons. The van der Waals surface area contributed by atoms with Gasteiger partial charge in [-0.05, 0) is 103 Å². The van der Waals surface area contributed by atoms with Crippen molar-refractivity contribution < 1.29 is 37.7 Å². The van der Waals surface area contributed by atoms with E-state index in [1.54, 1.807) is 35.1 Å². The van der Waals surface area contributed by atoms with Crippen molar-refractivity contribution in [3.63, 3.8) is 0 Å². The Morgan fingerprint density at radius 3 is 2.31 bits per heavy atom. The van der Waals surface area contributed by atoms with Crippen LogP contribution in [0.25, 0.3) is 11.1 Å². The van der Waals surface area contributed by atoms with Gasteiger partial charge in [-0.3, -0.25) is 9.59 Å². The van der Waals surface area contributed by atoms with Crippen LogP contribution < -0.4 is 4.74 Å². The molecular weight excluding hydrogens is 677 g/mol. The van der Waals surface area contributed by atoms with Gasteiger partial charge in [0.1, 0.15) is 17.2 Å². The molecule has 0 unspecified atom stereocenters. The molecule has 2 aromatic rings. The van der Waals surface area contributed by atoms with Crippen LogP contribution in [0.3, 0.4) is 0 Å². The summed E-state index contributed by atoms with van der Waals surface area (Å²) in [6, 6.07) is 7.29. The molecule has 2 aliphatic heterocycles. The van der Waals surface area contributed by atoms with E-state index in [0.717, 1.165) is 25.7 Å². The normalized spacial score (nSPS) is 18.5. The molecule has 0 aromatic heterocycles. The van der Waals surface area contributed by atoms with Crippen molar-refractivity contribution in [3.8, 4) is 16.9 Å². The highest BCUT2D eigenvalue weighted by atomic mass is 35.5. The van der Waals surface area contributed by atoms with Gasteiger partial charge in [0.05, 0.1) is 23.2 Å². The number of carbonyl (C=O) groups is 3. The van der Waals surface area contributed by atoms with Gasteiger partial charge < -0.3 is 33.6 Å². The molecule has 2 saturated heterocycles. The number of hydrogen-bond donors (Lipinski definition) is 0. The lowest BCUT2D eigenvalue weighted by Crippen LogP contribution is -2.54. The number of hydrogen-bond acceptors (Lipinski definition) is 7. The van der Waals surface area contributed by atoms with E-state index in [0.29, 0.717) is 63.3 Å². The molecule has 51 heavy (non-hydrogen) atoms. The van der Waals surface area contributed by atoms with Crippen molar-refractivity contribution in [1.82, 2.24) is 14.7 Å². The van der Waals surface area contributed by atoms with E-state index in [4.69, 9.17) is 30.5 Å². The van der Waals surface area contributed by atoms with Gasteiger partial charge >= 0.3 is 6.09 Å². The fraction of sp³-hybridized carbons (Fsp3) is 0.615. The molecule has 3 aliphatic rings. The number of likely N-dealkylation sites (tertiary alicyclic amines) is 1. The highest BCUT2D eigenvalue weighted by Gasteiger charge is 2.39. The molecule has 1 saturated carbocycles. The van der Waals surface area contributed by atoms with Crippen LogP contribution in [0, 0.1) is 5.82 Å². The molecule has 0 radical (unpaired) electrons. The van der Waals surface area contributed by atoms with Gasteiger partial charge in [0.2, 0.25) is 0 Å². The van der Waals surface area contributed by atoms with E-state index in [2.05, 4.69) is 0 Å². The Bertz CT molecular complexity index is 1550. The van der Waals surface area contributed by atoms with Gasteiger partial charge in [0.15, 0.2) is 0 Å². The van der Waals surface area contributed by atoms with Crippen LogP contribution in [0.15, 0.2) is 30.3 Å². The summed E-state index contributed by atoms with van der Waals surface area (Å²) in [4.78, 5) is 46.7. The van der Waals surface area contributed by atoms with Crippen molar-refractivity contribution >= 4 is 29.5 Å². The fourth-order valence-electron chi connectivity index (χ4n) is 7.03. The lowest BCUT2D eigenvalue weighted by molar-refractivity contribution is 0.00751. The molecule has 3 fully saturated rings. The third-order valence-corrected chi connectivity index (χ3v) is 9.86. The van der Waals surface area contributed by atoms with E-state index >= 15 is 4.39 Å². The van der Waals surface area contributed by atoms with Crippen LogP contribution in [-0.4, -0.2) is 109 Å². The minimum atomic E-state index is -0.639. The molecular formula is C39H53ClFN3O7. The van der Waals surface area contributed by atoms with E-state index in [1.807, 2.05) is 39.5 Å². The number of halogens is 2. The Labute approximate surface area is 306 Å². The summed E-state index contributed by atoms with van der Waals surface area (Å²) in [5, 5.41) is 0.127. The molecule has 10 nitrogen and oxygen atoms in total. The fourth-order valence-corrected chi connectivity index (χ4v) is 7.27. The van der Waals surface area contributed by atoms with Crippen molar-refractivity contribution in [2.75, 3.05) is 46.6 Å². The van der Waals surface area contributed by atoms with Crippen LogP contribution in [0.2, 0.25) is 5.02 Å². The van der Waals surface area contributed by atoms with E-state index in [-0.39, 0.29) is 64.5 Å². The van der Waals surface area contributed by atoms with Gasteiger partial charge in [-0.15, -0.1) is 0 Å². The second-order valence-corrected chi connectivity index (χ2v) is 15.4. The predicted octanol–water partition coefficient (Wildman–Crippen LogP) is 7.60. The first kappa shape index (κ1) is 38.8. The monoisotopic (exact) mass is 729 g/mol. The summed E-state index contributed by atoms with van der Waals surface area (Å²) in [6.07, 6.45) is 5.02. The second kappa shape index (κ2) is 16.9. The minimum Gasteiger partial charge on any atom is -0.493 e. The molecule has 0 spiro atoms. The number of amides is 3. The van der Waals surface area contributed by atoms with Gasteiger partial charge in [0, 0.05) is 81.3 Å². The van der Waals surface area contributed by atoms with Crippen LogP contribution in [0.5, 0.6) is 5.75 Å². The summed E-state index contributed by atoms with van der Waals surface area (Å²) in [6.45, 7) is 12.1. The standard InChI is InChI=1S/C39H53ClFN3O7/c1-25(2)43(29-9-7-16-42(24-29)38(47)51-39(3,4)5)37(46)32-23-35(50-18-8-17-48-6)31(22-33(32)40)30-21-26(10-13-34(30)41)36(45)44(27-11-12-27)28-14-19-49-20-15-28/h10,13,21-23,25,27-29H,7-9,11-12,14-20,24H2,1-6H3/t29-/m1/s1. The van der Waals surface area contributed by atoms with E-state index in [9.17, 15) is 14.4 Å². The SMILES string of the molecule is COCCCOc1cc(C(=O)N(C(C)C)[C@@H]2CCCN(C(=O)OC(C)(C)C)C2)c(Cl)cc1-c1cc(C(=O)N(C2CCOCC2)C2CC2)ccc1F. The largest absolute Gasteiger partial charge is 0.493 e. The Morgan fingerprint density at radius 2 is 1.67 bits per heavy atom. The first-order valence-corrected chi connectivity index (χ1v) is 18.6. The first-order valence-electron chi connectivity index (χ1n) is 18.2. The smallest absolute Gasteiger partial charge is 0.410 e. The summed E-state index contributed by atoms with van der Waals surface area (Å²) in [7, 11) is 1.60. The zero-order valence-electron chi connectivity index (χ0n) is 30.8. The molecule has 12 heteroatoms. The van der Waals surface area contributed by atoms with Crippen LogP contribution in [0.4, 0.5) is 9.18 Å². The van der Waals surface area contributed by atoms with Crippen LogP contribution in [0.1, 0.15) is 100 Å². The molecule has 1 atom stereocenters. The molecule has 2 aromatic carbocycles. The van der Waals surface area contributed by atoms with Crippen LogP contribution >= 0.6 is 11.6 Å². The molecule has 1 aliphatic carbocycles. The highest BCUT2D eigenvalue weighted by Crippen LogP contribution is 2.39. The molecule has 2 heterocycles. The minimum absolute atomic E-state index is 0.0796. The van der Waals surface area contributed by atoms with Gasteiger partial charge in [-0.25, -0.2) is 9.18 Å². The predicted molar refractivity (Wildman–Crippen MR) is 194 cm³/mol. The van der Waals surface area contributed by atoms with E-state index in [1.165, 1.54) is 12.1 Å². The lowest BCUT2D eigenvalue weighted by Gasteiger charge is -2.41. The Balaban J connectivity index is 1.47. The van der Waals surface area contributed by atoms with Crippen molar-refractivity contribution in [2.24, 2.45) is 0 Å². The van der Waals surface area contributed by atoms with Gasteiger partial charge in [0.25, 0.3) is 11.8 Å². The first-order chi connectivity index (χ1) is 24.3. The Morgan fingerprint density at radius 1 is 0.961 bits per heavy atom. The highest BCUT2D eigenvalue weighted by molar-refractivity contribution is 6.34. The maximum Gasteiger partial charge on any atom is 0.410 e. The molecule has 0 N–H and O–H groups in total. The zero-order chi connectivity index (χ0) is 36.9. The van der Waals surface area contributed by atoms with E-state index < -0.39 is 17.5 Å². The Hall–Kier alpha value is -3.41. The van der Waals surface area contributed by atoms with Crippen molar-refractivity contribution in [1.29, 1.82) is 0 Å². The van der Waals surface area contributed by atoms with Gasteiger partial charge in [-0.1, -0.05) is 11.6 Å². The number of rotatable bonds is 12. The van der Waals surface area contributed by atoms with Crippen LogP contribution in [-0.2, 0) is 14.2 Å². The van der Waals surface area contributed by atoms with Crippen molar-refractivity contribution in [3.05, 3.63) is 52.3 Å². The third kappa shape index (κ3) is 9.73. The summed E-state index contributed by atoms with van der Waals surface area (Å²) >= 11 is 6.91. The number of piperidine rings is 1. The number of nitrogens with zero attached hydrogens (tertiary/aromatic N) is 3. The number of ether oxygens (including phenoxy) is 4. The third-order valence-electron chi connectivity index (χ3n) is 9.54. The lowest BCUT2D eigenvalue weighted by atomic mass is 9.97. The zero-order valence-corrected chi connectivity index (χ0v) is 31.6. The summed E-state index contributed by atoms with van der Waals surface area (Å²) < 4.78 is 38.4. The topological polar surface area (TPSA) is 97.8 Å². The summed E-state index contributed by atoms with van der Waals surface area (Å²) in [5.41, 5.74) is 0.448. The molecule has 5 rings (SSSR count). The average molecular weight is 730 g/mol. The number of benzene rings is 2. The summed E-state index contributed by atoms with van der Waals surface area (Å²) in [5.74, 6) is -0.721. The second-order valence-electron chi connectivity index (χ2n) is 15.0. The number of methoxy groups -OCH3 is 1. The Kier molecular flexibility index (Phi) is 12.9. The molecule has 3 amide bonds. The quantitative estimate of drug-likeness (QED) is 0.208. The maximum atomic E-state index is 15.8. The maximum absolute atomic E-state index is 15.8.